The molecule has 0 saturated heterocycles. The first-order valence-corrected chi connectivity index (χ1v) is 12.4. The van der Waals surface area contributed by atoms with Crippen LogP contribution in [-0.4, -0.2) is 35.2 Å². The van der Waals surface area contributed by atoms with Crippen molar-refractivity contribution in [2.45, 2.75) is 77.8 Å². The van der Waals surface area contributed by atoms with Gasteiger partial charge in [0.1, 0.15) is 12.4 Å². The molecule has 5 heteroatoms. The van der Waals surface area contributed by atoms with Crippen molar-refractivity contribution in [3.05, 3.63) is 59.4 Å². The summed E-state index contributed by atoms with van der Waals surface area (Å²) in [6.07, 6.45) is 6.95. The summed E-state index contributed by atoms with van der Waals surface area (Å²) in [5, 5.41) is 0. The molecule has 5 nitrogen and oxygen atoms in total. The summed E-state index contributed by atoms with van der Waals surface area (Å²) in [7, 11) is 1.70. The molecule has 176 valence electrons. The van der Waals surface area contributed by atoms with Crippen LogP contribution in [0.15, 0.2) is 42.5 Å². The number of anilines is 1. The molecule has 0 N–H and O–H groups in total. The van der Waals surface area contributed by atoms with Gasteiger partial charge in [-0.1, -0.05) is 56.5 Å². The topological polar surface area (TPSA) is 47.4 Å². The summed E-state index contributed by atoms with van der Waals surface area (Å²) in [5.41, 5.74) is 5.36. The summed E-state index contributed by atoms with van der Waals surface area (Å²) in [5.74, 6) is 1.58. The van der Waals surface area contributed by atoms with E-state index in [9.17, 15) is 4.79 Å². The summed E-state index contributed by atoms with van der Waals surface area (Å²) in [4.78, 5) is 21.0. The van der Waals surface area contributed by atoms with Crippen LogP contribution in [0.25, 0.3) is 11.0 Å². The number of ether oxygens (including phenoxy) is 1. The second-order valence-corrected chi connectivity index (χ2v) is 9.38. The van der Waals surface area contributed by atoms with Crippen LogP contribution >= 0.6 is 0 Å². The van der Waals surface area contributed by atoms with Crippen molar-refractivity contribution in [2.75, 3.05) is 18.6 Å². The predicted molar refractivity (Wildman–Crippen MR) is 135 cm³/mol. The van der Waals surface area contributed by atoms with Crippen molar-refractivity contribution in [3.8, 4) is 0 Å². The first kappa shape index (κ1) is 23.5. The monoisotopic (exact) mass is 447 g/mol. The van der Waals surface area contributed by atoms with Crippen LogP contribution in [0.5, 0.6) is 0 Å². The van der Waals surface area contributed by atoms with Crippen molar-refractivity contribution in [2.24, 2.45) is 0 Å². The summed E-state index contributed by atoms with van der Waals surface area (Å²) >= 11 is 0. The highest BCUT2D eigenvalue weighted by Gasteiger charge is 2.29. The molecule has 0 radical (unpaired) electrons. The Hall–Kier alpha value is -2.66. The Morgan fingerprint density at radius 1 is 1.15 bits per heavy atom. The van der Waals surface area contributed by atoms with Crippen LogP contribution in [0.3, 0.4) is 0 Å². The third-order valence-electron chi connectivity index (χ3n) is 7.01. The highest BCUT2D eigenvalue weighted by molar-refractivity contribution is 5.96. The van der Waals surface area contributed by atoms with E-state index in [0.717, 1.165) is 47.4 Å². The molecule has 1 heterocycles. The van der Waals surface area contributed by atoms with E-state index in [4.69, 9.17) is 9.72 Å². The van der Waals surface area contributed by atoms with E-state index in [1.165, 1.54) is 24.8 Å². The van der Waals surface area contributed by atoms with Gasteiger partial charge in [-0.05, 0) is 56.4 Å². The molecule has 33 heavy (non-hydrogen) atoms. The molecule has 2 aromatic carbocycles. The molecule has 1 aromatic heterocycles. The minimum atomic E-state index is -0.0678. The number of rotatable bonds is 8. The Balaban J connectivity index is 1.76. The minimum Gasteiger partial charge on any atom is -0.383 e. The van der Waals surface area contributed by atoms with E-state index in [2.05, 4.69) is 55.7 Å². The molecule has 0 aliphatic heterocycles. The van der Waals surface area contributed by atoms with Crippen molar-refractivity contribution >= 4 is 22.6 Å². The molecule has 1 fully saturated rings. The van der Waals surface area contributed by atoms with E-state index in [-0.39, 0.29) is 18.5 Å². The number of imidazole rings is 1. The van der Waals surface area contributed by atoms with E-state index in [1.54, 1.807) is 7.11 Å². The fraction of sp³-hybridized carbons (Fsp3) is 0.500. The number of para-hydroxylation sites is 3. The Morgan fingerprint density at radius 2 is 1.91 bits per heavy atom. The molecule has 4 rings (SSSR count). The number of carbonyl (C=O) groups is 1. The molecule has 1 saturated carbocycles. The van der Waals surface area contributed by atoms with Gasteiger partial charge in [-0.2, -0.15) is 0 Å². The minimum absolute atomic E-state index is 0.0678. The second kappa shape index (κ2) is 10.5. The fourth-order valence-electron chi connectivity index (χ4n) is 5.40. The zero-order valence-electron chi connectivity index (χ0n) is 20.5. The van der Waals surface area contributed by atoms with Gasteiger partial charge in [0.25, 0.3) is 0 Å². The number of aryl methyl sites for hydroxylation is 2. The predicted octanol–water partition coefficient (Wildman–Crippen LogP) is 6.02. The number of nitrogens with zero attached hydrogens (tertiary/aromatic N) is 3. The van der Waals surface area contributed by atoms with E-state index >= 15 is 0 Å². The average molecular weight is 448 g/mol. The van der Waals surface area contributed by atoms with Crippen LogP contribution in [-0.2, 0) is 22.5 Å². The zero-order valence-corrected chi connectivity index (χ0v) is 20.5. The standard InChI is InChI=1S/C28H37N3O2/c1-5-22-15-11-12-20(2)27(22)31(21(3)19-33-4)26(32)18-30-25-17-10-9-16-24(25)29-28(30)23-13-7-6-8-14-23/h9-12,15-17,21,23H,5-8,13-14,18-19H2,1-4H3. The molecule has 1 aliphatic rings. The maximum atomic E-state index is 14.0. The fourth-order valence-corrected chi connectivity index (χ4v) is 5.40. The Bertz CT molecular complexity index is 1100. The maximum Gasteiger partial charge on any atom is 0.247 e. The second-order valence-electron chi connectivity index (χ2n) is 9.38. The third kappa shape index (κ3) is 4.84. The molecule has 3 aromatic rings. The van der Waals surface area contributed by atoms with Crippen LogP contribution < -0.4 is 4.90 Å². The van der Waals surface area contributed by atoms with Gasteiger partial charge in [-0.25, -0.2) is 4.98 Å². The molecule has 0 spiro atoms. The van der Waals surface area contributed by atoms with Gasteiger partial charge in [0.2, 0.25) is 5.91 Å². The SMILES string of the molecule is CCc1cccc(C)c1N(C(=O)Cn1c(C2CCCCC2)nc2ccccc21)C(C)COC. The van der Waals surface area contributed by atoms with Gasteiger partial charge in [0.05, 0.1) is 29.4 Å². The number of methoxy groups -OCH3 is 1. The Kier molecular flexibility index (Phi) is 7.49. The lowest BCUT2D eigenvalue weighted by molar-refractivity contribution is -0.119. The van der Waals surface area contributed by atoms with Crippen molar-refractivity contribution in [3.63, 3.8) is 0 Å². The normalized spacial score (nSPS) is 15.6. The highest BCUT2D eigenvalue weighted by atomic mass is 16.5. The van der Waals surface area contributed by atoms with E-state index in [1.807, 2.05) is 17.0 Å². The number of aromatic nitrogens is 2. The van der Waals surface area contributed by atoms with E-state index < -0.39 is 0 Å². The molecule has 1 atom stereocenters. The Labute approximate surface area is 197 Å². The number of fused-ring (bicyclic) bond motifs is 1. The van der Waals surface area contributed by atoms with Gasteiger partial charge in [0.15, 0.2) is 0 Å². The lowest BCUT2D eigenvalue weighted by Crippen LogP contribution is -2.44. The van der Waals surface area contributed by atoms with E-state index in [0.29, 0.717) is 12.5 Å². The number of amides is 1. The average Bonchev–Trinajstić information content (AvgIpc) is 3.19. The van der Waals surface area contributed by atoms with Gasteiger partial charge < -0.3 is 14.2 Å². The molecule has 0 bridgehead atoms. The number of benzene rings is 2. The number of hydrogen-bond donors (Lipinski definition) is 0. The lowest BCUT2D eigenvalue weighted by Gasteiger charge is -2.33. The Morgan fingerprint density at radius 3 is 2.64 bits per heavy atom. The third-order valence-corrected chi connectivity index (χ3v) is 7.01. The first-order chi connectivity index (χ1) is 16.0. The van der Waals surface area contributed by atoms with Crippen molar-refractivity contribution in [1.29, 1.82) is 0 Å². The summed E-state index contributed by atoms with van der Waals surface area (Å²) in [6, 6.07) is 14.4. The molecular weight excluding hydrogens is 410 g/mol. The summed E-state index contributed by atoms with van der Waals surface area (Å²) < 4.78 is 7.67. The lowest BCUT2D eigenvalue weighted by atomic mass is 9.88. The smallest absolute Gasteiger partial charge is 0.247 e. The molecule has 1 aliphatic carbocycles. The van der Waals surface area contributed by atoms with Crippen LogP contribution in [0.2, 0.25) is 0 Å². The largest absolute Gasteiger partial charge is 0.383 e. The van der Waals surface area contributed by atoms with Gasteiger partial charge in [-0.15, -0.1) is 0 Å². The maximum absolute atomic E-state index is 14.0. The number of hydrogen-bond acceptors (Lipinski definition) is 3. The molecule has 1 amide bonds. The van der Waals surface area contributed by atoms with Gasteiger partial charge >= 0.3 is 0 Å². The first-order valence-electron chi connectivity index (χ1n) is 12.4. The highest BCUT2D eigenvalue weighted by Crippen LogP contribution is 2.34. The zero-order chi connectivity index (χ0) is 23.4. The van der Waals surface area contributed by atoms with Crippen molar-refractivity contribution < 1.29 is 9.53 Å². The van der Waals surface area contributed by atoms with Gasteiger partial charge in [0, 0.05) is 13.0 Å². The van der Waals surface area contributed by atoms with Crippen molar-refractivity contribution in [1.82, 2.24) is 9.55 Å². The number of carbonyl (C=O) groups excluding carboxylic acids is 1. The molecule has 1 unspecified atom stereocenters. The van der Waals surface area contributed by atoms with Crippen LogP contribution in [0.1, 0.15) is 68.8 Å². The van der Waals surface area contributed by atoms with Crippen LogP contribution in [0.4, 0.5) is 5.69 Å². The van der Waals surface area contributed by atoms with Gasteiger partial charge in [-0.3, -0.25) is 4.79 Å². The van der Waals surface area contributed by atoms with Crippen LogP contribution in [0, 0.1) is 6.92 Å². The quantitative estimate of drug-likeness (QED) is 0.424. The summed E-state index contributed by atoms with van der Waals surface area (Å²) in [6.45, 7) is 7.09. The molecular formula is C28H37N3O2.